The number of benzene rings is 3. The fourth-order valence-corrected chi connectivity index (χ4v) is 5.17. The van der Waals surface area contributed by atoms with E-state index in [0.29, 0.717) is 25.1 Å². The molecule has 2 aliphatic rings. The molecule has 226 valence electrons. The predicted octanol–water partition coefficient (Wildman–Crippen LogP) is 5.85. The summed E-state index contributed by atoms with van der Waals surface area (Å²) in [6, 6.07) is 16.9. The highest BCUT2D eigenvalue weighted by Crippen LogP contribution is 2.34. The van der Waals surface area contributed by atoms with Crippen LogP contribution in [0, 0.1) is 23.3 Å². The number of aliphatic hydroxyl groups is 2. The van der Waals surface area contributed by atoms with Gasteiger partial charge >= 0.3 is 6.09 Å². The van der Waals surface area contributed by atoms with Gasteiger partial charge in [0.1, 0.15) is 16.8 Å². The van der Waals surface area contributed by atoms with Gasteiger partial charge in [-0.05, 0) is 74.6 Å². The Bertz CT molecular complexity index is 1400. The number of carbonyl (C=O) groups excluding carboxylic acids is 1. The number of ether oxygens (including phenoxy) is 1. The Morgan fingerprint density at radius 3 is 1.83 bits per heavy atom. The van der Waals surface area contributed by atoms with Crippen molar-refractivity contribution in [2.75, 3.05) is 26.2 Å². The lowest BCUT2D eigenvalue weighted by Crippen LogP contribution is -2.38. The van der Waals surface area contributed by atoms with Crippen LogP contribution in [-0.2, 0) is 22.5 Å². The van der Waals surface area contributed by atoms with Crippen LogP contribution in [0.3, 0.4) is 0 Å². The van der Waals surface area contributed by atoms with Gasteiger partial charge in [-0.25, -0.2) is 22.4 Å². The summed E-state index contributed by atoms with van der Waals surface area (Å²) in [5.74, 6) is -3.79. The minimum absolute atomic E-state index is 0.00696. The van der Waals surface area contributed by atoms with E-state index < -0.39 is 46.2 Å². The largest absolute Gasteiger partial charge is 0.444 e. The maximum absolute atomic E-state index is 13.3. The molecule has 1 amide bonds. The highest BCUT2D eigenvalue weighted by molar-refractivity contribution is 5.68. The number of likely N-dealkylation sites (tertiary alicyclic amines) is 2. The molecule has 2 fully saturated rings. The Balaban J connectivity index is 0.000000193. The summed E-state index contributed by atoms with van der Waals surface area (Å²) >= 11 is 0. The molecule has 0 aromatic heterocycles. The lowest BCUT2D eigenvalue weighted by molar-refractivity contribution is 0.0139. The molecule has 0 aliphatic carbocycles. The molecular weight excluding hydrogens is 552 g/mol. The fraction of sp³-hybridized carbons (Fsp3) is 0.406. The molecule has 0 radical (unpaired) electrons. The molecule has 2 N–H and O–H groups in total. The molecule has 3 aromatic carbocycles. The van der Waals surface area contributed by atoms with Gasteiger partial charge < -0.3 is 19.8 Å². The quantitative estimate of drug-likeness (QED) is 0.374. The maximum atomic E-state index is 13.3. The highest BCUT2D eigenvalue weighted by Gasteiger charge is 2.41. The minimum atomic E-state index is -1.38. The number of halogens is 4. The van der Waals surface area contributed by atoms with Crippen molar-refractivity contribution < 1.29 is 37.3 Å². The van der Waals surface area contributed by atoms with Crippen LogP contribution in [0.4, 0.5) is 22.4 Å². The summed E-state index contributed by atoms with van der Waals surface area (Å²) < 4.78 is 57.8. The fourth-order valence-electron chi connectivity index (χ4n) is 5.17. The van der Waals surface area contributed by atoms with Crippen LogP contribution in [0.5, 0.6) is 0 Å². The Morgan fingerprint density at radius 2 is 1.31 bits per heavy atom. The number of rotatable bonds is 4. The van der Waals surface area contributed by atoms with Gasteiger partial charge in [-0.3, -0.25) is 4.90 Å². The van der Waals surface area contributed by atoms with Crippen LogP contribution in [-0.4, -0.2) is 57.9 Å². The molecule has 5 rings (SSSR count). The molecular formula is C32H36F4N2O4. The van der Waals surface area contributed by atoms with Crippen LogP contribution in [0.1, 0.15) is 50.3 Å². The minimum Gasteiger partial charge on any atom is -0.444 e. The molecule has 3 aromatic rings. The Morgan fingerprint density at radius 1 is 0.786 bits per heavy atom. The van der Waals surface area contributed by atoms with E-state index in [1.807, 2.05) is 30.3 Å². The first-order valence-electron chi connectivity index (χ1n) is 13.8. The van der Waals surface area contributed by atoms with E-state index in [9.17, 15) is 32.6 Å². The summed E-state index contributed by atoms with van der Waals surface area (Å²) in [5, 5.41) is 21.3. The number of carbonyl (C=O) groups is 1. The van der Waals surface area contributed by atoms with Gasteiger partial charge in [0.15, 0.2) is 23.3 Å². The normalized spacial score (nSPS) is 22.5. The van der Waals surface area contributed by atoms with Gasteiger partial charge in [0.25, 0.3) is 0 Å². The monoisotopic (exact) mass is 588 g/mol. The van der Waals surface area contributed by atoms with Crippen LogP contribution < -0.4 is 0 Å². The van der Waals surface area contributed by atoms with Crippen LogP contribution in [0.25, 0.3) is 0 Å². The number of hydrogen-bond donors (Lipinski definition) is 2. The third-order valence-corrected chi connectivity index (χ3v) is 7.39. The third-order valence-electron chi connectivity index (χ3n) is 7.39. The number of hydrogen-bond acceptors (Lipinski definition) is 5. The second-order valence-electron chi connectivity index (χ2n) is 11.9. The van der Waals surface area contributed by atoms with Crippen molar-refractivity contribution in [2.24, 2.45) is 0 Å². The molecule has 42 heavy (non-hydrogen) atoms. The summed E-state index contributed by atoms with van der Waals surface area (Å²) in [6.07, 6.45) is 0.239. The van der Waals surface area contributed by atoms with Gasteiger partial charge in [0.05, 0.1) is 6.54 Å². The first-order valence-corrected chi connectivity index (χ1v) is 13.8. The summed E-state index contributed by atoms with van der Waals surface area (Å²) in [7, 11) is 0. The second-order valence-corrected chi connectivity index (χ2v) is 11.9. The maximum Gasteiger partial charge on any atom is 0.410 e. The third kappa shape index (κ3) is 7.67. The predicted molar refractivity (Wildman–Crippen MR) is 149 cm³/mol. The standard InChI is InChI=1S/C17H17F2NO.C15H19F2NO3/c18-15-7-6-14(10-16(15)19)17(21)8-9-20(12-17)11-13-4-2-1-3-5-13;1-14(2,3)21-13(19)18-7-6-15(20,9-18)10-4-5-11(16)12(17)8-10/h1-7,10,21H,8-9,11-12H2;4-5,8,20H,6-7,9H2,1-3H3. The second kappa shape index (κ2) is 12.4. The molecule has 0 spiro atoms. The van der Waals surface area contributed by atoms with E-state index in [4.69, 9.17) is 4.74 Å². The summed E-state index contributed by atoms with van der Waals surface area (Å²) in [4.78, 5) is 15.4. The first-order chi connectivity index (χ1) is 19.7. The first kappa shape index (κ1) is 31.5. The molecule has 2 aliphatic heterocycles. The molecule has 10 heteroatoms. The van der Waals surface area contributed by atoms with Crippen LogP contribution in [0.2, 0.25) is 0 Å². The zero-order valence-corrected chi connectivity index (χ0v) is 23.9. The molecule has 0 bridgehead atoms. The summed E-state index contributed by atoms with van der Waals surface area (Å²) in [5.41, 5.74) is -1.24. The smallest absolute Gasteiger partial charge is 0.410 e. The molecule has 6 nitrogen and oxygen atoms in total. The zero-order chi connectivity index (χ0) is 30.7. The molecule has 2 atom stereocenters. The highest BCUT2D eigenvalue weighted by atomic mass is 19.2. The average molecular weight is 589 g/mol. The average Bonchev–Trinajstić information content (AvgIpc) is 3.51. The SMILES string of the molecule is CC(C)(C)OC(=O)N1CCC(O)(c2ccc(F)c(F)c2)C1.OC1(c2ccc(F)c(F)c2)CCN(Cc2ccccc2)C1. The summed E-state index contributed by atoms with van der Waals surface area (Å²) in [6.45, 7) is 7.44. The van der Waals surface area contributed by atoms with E-state index in [-0.39, 0.29) is 18.5 Å². The number of nitrogens with zero attached hydrogens (tertiary/aromatic N) is 2. The van der Waals surface area contributed by atoms with E-state index in [0.717, 1.165) is 37.4 Å². The topological polar surface area (TPSA) is 73.2 Å². The Hall–Kier alpha value is -3.47. The molecule has 2 heterocycles. The van der Waals surface area contributed by atoms with Gasteiger partial charge in [0, 0.05) is 26.2 Å². The Kier molecular flexibility index (Phi) is 9.30. The van der Waals surface area contributed by atoms with Crippen molar-refractivity contribution in [1.82, 2.24) is 9.80 Å². The zero-order valence-electron chi connectivity index (χ0n) is 23.9. The van der Waals surface area contributed by atoms with E-state index in [1.54, 1.807) is 20.8 Å². The number of amides is 1. The van der Waals surface area contributed by atoms with Crippen molar-refractivity contribution in [3.8, 4) is 0 Å². The van der Waals surface area contributed by atoms with Gasteiger partial charge in [0.2, 0.25) is 0 Å². The molecule has 0 saturated carbocycles. The van der Waals surface area contributed by atoms with Gasteiger partial charge in [-0.1, -0.05) is 42.5 Å². The molecule has 2 saturated heterocycles. The van der Waals surface area contributed by atoms with Gasteiger partial charge in [-0.15, -0.1) is 0 Å². The van der Waals surface area contributed by atoms with Crippen molar-refractivity contribution in [2.45, 2.75) is 57.0 Å². The van der Waals surface area contributed by atoms with Crippen molar-refractivity contribution in [3.63, 3.8) is 0 Å². The number of β-amino-alcohol motifs (C(OH)–C–C–N with tert-alkyl or cyclic N) is 2. The van der Waals surface area contributed by atoms with E-state index in [1.165, 1.54) is 22.6 Å². The lowest BCUT2D eigenvalue weighted by Gasteiger charge is -2.26. The van der Waals surface area contributed by atoms with Crippen LogP contribution in [0.15, 0.2) is 66.7 Å². The van der Waals surface area contributed by atoms with Crippen LogP contribution >= 0.6 is 0 Å². The van der Waals surface area contributed by atoms with Crippen molar-refractivity contribution in [1.29, 1.82) is 0 Å². The lowest BCUT2D eigenvalue weighted by atomic mass is 9.93. The van der Waals surface area contributed by atoms with Crippen molar-refractivity contribution >= 4 is 6.09 Å². The van der Waals surface area contributed by atoms with E-state index >= 15 is 0 Å². The molecule has 2 unspecified atom stereocenters. The van der Waals surface area contributed by atoms with Gasteiger partial charge in [-0.2, -0.15) is 0 Å². The van der Waals surface area contributed by atoms with E-state index in [2.05, 4.69) is 4.90 Å². The van der Waals surface area contributed by atoms with Crippen molar-refractivity contribution in [3.05, 3.63) is 107 Å². The Labute approximate surface area is 243 Å².